The van der Waals surface area contributed by atoms with Crippen LogP contribution in [-0.4, -0.2) is 23.2 Å². The van der Waals surface area contributed by atoms with Crippen molar-refractivity contribution in [1.29, 1.82) is 0 Å². The van der Waals surface area contributed by atoms with Crippen LogP contribution in [0.3, 0.4) is 0 Å². The summed E-state index contributed by atoms with van der Waals surface area (Å²) in [6.07, 6.45) is -0.461. The Kier molecular flexibility index (Phi) is 6.96. The Bertz CT molecular complexity index is 652. The first-order valence-corrected chi connectivity index (χ1v) is 6.83. The van der Waals surface area contributed by atoms with Crippen molar-refractivity contribution in [2.45, 2.75) is 18.6 Å². The first kappa shape index (κ1) is 18.9. The van der Waals surface area contributed by atoms with E-state index < -0.39 is 17.1 Å². The van der Waals surface area contributed by atoms with Crippen LogP contribution in [0, 0.1) is 10.1 Å². The third-order valence-electron chi connectivity index (χ3n) is 3.49. The molecule has 0 amide bonds. The van der Waals surface area contributed by atoms with Gasteiger partial charge in [-0.25, -0.2) is 0 Å². The summed E-state index contributed by atoms with van der Waals surface area (Å²) in [5, 5.41) is 21.3. The number of nitrogens with two attached hydrogens (primary N) is 1. The van der Waals surface area contributed by atoms with Gasteiger partial charge in [0.15, 0.2) is 5.75 Å². The summed E-state index contributed by atoms with van der Waals surface area (Å²) in [6.45, 7) is 0. The summed E-state index contributed by atoms with van der Waals surface area (Å²) in [4.78, 5) is 10.5. The number of nitro benzene ring substituents is 1. The van der Waals surface area contributed by atoms with Crippen molar-refractivity contribution in [3.63, 3.8) is 0 Å². The lowest BCUT2D eigenvalue weighted by molar-refractivity contribution is -0.385. The maximum atomic E-state index is 11.0. The number of methoxy groups -OCH3 is 1. The summed E-state index contributed by atoms with van der Waals surface area (Å²) in [5.41, 5.74) is 7.32. The van der Waals surface area contributed by atoms with Crippen LogP contribution in [0.25, 0.3) is 0 Å². The lowest BCUT2D eigenvalue weighted by Crippen LogP contribution is -2.28. The maximum absolute atomic E-state index is 11.0. The second-order valence-electron chi connectivity index (χ2n) is 4.97. The Morgan fingerprint density at radius 2 is 1.91 bits per heavy atom. The minimum absolute atomic E-state index is 0. The zero-order chi connectivity index (χ0) is 16.1. The first-order valence-electron chi connectivity index (χ1n) is 6.83. The Morgan fingerprint density at radius 3 is 2.48 bits per heavy atom. The van der Waals surface area contributed by atoms with Crippen molar-refractivity contribution in [1.82, 2.24) is 0 Å². The highest BCUT2D eigenvalue weighted by atomic mass is 35.5. The second-order valence-corrected chi connectivity index (χ2v) is 4.97. The molecule has 0 heterocycles. The van der Waals surface area contributed by atoms with Crippen LogP contribution in [0.5, 0.6) is 5.75 Å². The standard InChI is InChI=1S/C16H18N2O4.ClH/c1-22-15-8-7-12(10-13(15)18(20)21)16(17)14(19)9-11-5-3-2-4-6-11;/h2-8,10,14,16,19H,9,17H2,1H3;1H/t14-,16+;/m0./s1. The van der Waals surface area contributed by atoms with Gasteiger partial charge in [0.2, 0.25) is 0 Å². The SMILES string of the molecule is COc1ccc([C@@H](N)[C@@H](O)Cc2ccccc2)cc1[N+](=O)[O-].Cl. The maximum Gasteiger partial charge on any atom is 0.311 e. The van der Waals surface area contributed by atoms with Crippen molar-refractivity contribution in [2.75, 3.05) is 7.11 Å². The summed E-state index contributed by atoms with van der Waals surface area (Å²) in [6, 6.07) is 13.2. The van der Waals surface area contributed by atoms with E-state index in [0.717, 1.165) is 5.56 Å². The van der Waals surface area contributed by atoms with Crippen molar-refractivity contribution < 1.29 is 14.8 Å². The lowest BCUT2D eigenvalue weighted by atomic mass is 9.96. The topological polar surface area (TPSA) is 98.6 Å². The van der Waals surface area contributed by atoms with Gasteiger partial charge in [-0.3, -0.25) is 10.1 Å². The molecule has 23 heavy (non-hydrogen) atoms. The van der Waals surface area contributed by atoms with Gasteiger partial charge in [0.05, 0.1) is 24.2 Å². The second kappa shape index (κ2) is 8.47. The molecule has 7 heteroatoms. The minimum atomic E-state index is -0.838. The minimum Gasteiger partial charge on any atom is -0.490 e. The molecule has 2 atom stereocenters. The number of halogens is 1. The van der Waals surface area contributed by atoms with Crippen LogP contribution < -0.4 is 10.5 Å². The van der Waals surface area contributed by atoms with Gasteiger partial charge >= 0.3 is 5.69 Å². The summed E-state index contributed by atoms with van der Waals surface area (Å²) >= 11 is 0. The van der Waals surface area contributed by atoms with Gasteiger partial charge in [-0.2, -0.15) is 0 Å². The number of hydrogen-bond donors (Lipinski definition) is 2. The van der Waals surface area contributed by atoms with E-state index in [9.17, 15) is 15.2 Å². The largest absolute Gasteiger partial charge is 0.490 e. The molecule has 0 saturated carbocycles. The number of ether oxygens (including phenoxy) is 1. The monoisotopic (exact) mass is 338 g/mol. The zero-order valence-corrected chi connectivity index (χ0v) is 13.4. The van der Waals surface area contributed by atoms with Crippen molar-refractivity contribution in [2.24, 2.45) is 5.73 Å². The molecule has 0 saturated heterocycles. The van der Waals surface area contributed by atoms with Gasteiger partial charge in [0, 0.05) is 12.5 Å². The van der Waals surface area contributed by atoms with Crippen LogP contribution >= 0.6 is 12.4 Å². The van der Waals surface area contributed by atoms with Crippen molar-refractivity contribution >= 4 is 18.1 Å². The van der Waals surface area contributed by atoms with E-state index in [2.05, 4.69) is 0 Å². The molecule has 0 aliphatic carbocycles. The number of aliphatic hydroxyl groups is 1. The molecule has 0 aliphatic rings. The molecule has 0 aromatic heterocycles. The Balaban J connectivity index is 0.00000264. The van der Waals surface area contributed by atoms with Gasteiger partial charge in [-0.05, 0) is 17.2 Å². The fourth-order valence-corrected chi connectivity index (χ4v) is 2.26. The van der Waals surface area contributed by atoms with E-state index in [0.29, 0.717) is 12.0 Å². The Hall–Kier alpha value is -2.15. The van der Waals surface area contributed by atoms with E-state index in [1.54, 1.807) is 6.07 Å². The Labute approximate surface area is 140 Å². The van der Waals surface area contributed by atoms with Gasteiger partial charge in [0.25, 0.3) is 0 Å². The van der Waals surface area contributed by atoms with Crippen LogP contribution in [0.2, 0.25) is 0 Å². The molecule has 2 aromatic carbocycles. The third-order valence-corrected chi connectivity index (χ3v) is 3.49. The highest BCUT2D eigenvalue weighted by Crippen LogP contribution is 2.30. The smallest absolute Gasteiger partial charge is 0.311 e. The van der Waals surface area contributed by atoms with Gasteiger partial charge in [-0.1, -0.05) is 36.4 Å². The third kappa shape index (κ3) is 4.66. The van der Waals surface area contributed by atoms with E-state index >= 15 is 0 Å². The number of rotatable bonds is 6. The summed E-state index contributed by atoms with van der Waals surface area (Å²) in [7, 11) is 1.37. The van der Waals surface area contributed by atoms with E-state index in [4.69, 9.17) is 10.5 Å². The molecule has 2 aromatic rings. The van der Waals surface area contributed by atoms with Crippen LogP contribution in [-0.2, 0) is 6.42 Å². The molecule has 0 spiro atoms. The van der Waals surface area contributed by atoms with Crippen LogP contribution in [0.1, 0.15) is 17.2 Å². The average molecular weight is 339 g/mol. The molecular weight excluding hydrogens is 320 g/mol. The Morgan fingerprint density at radius 1 is 1.26 bits per heavy atom. The fraction of sp³-hybridized carbons (Fsp3) is 0.250. The molecule has 0 fully saturated rings. The first-order chi connectivity index (χ1) is 10.5. The lowest BCUT2D eigenvalue weighted by Gasteiger charge is -2.19. The molecule has 0 radical (unpaired) electrons. The molecule has 0 aliphatic heterocycles. The number of hydrogen-bond acceptors (Lipinski definition) is 5. The van der Waals surface area contributed by atoms with E-state index in [1.165, 1.54) is 19.2 Å². The highest BCUT2D eigenvalue weighted by Gasteiger charge is 2.22. The molecule has 2 rings (SSSR count). The highest BCUT2D eigenvalue weighted by molar-refractivity contribution is 5.85. The van der Waals surface area contributed by atoms with Gasteiger partial charge in [0.1, 0.15) is 0 Å². The van der Waals surface area contributed by atoms with Crippen LogP contribution in [0.15, 0.2) is 48.5 Å². The van der Waals surface area contributed by atoms with Crippen molar-refractivity contribution in [3.8, 4) is 5.75 Å². The number of benzene rings is 2. The quantitative estimate of drug-likeness (QED) is 0.623. The number of nitrogens with zero attached hydrogens (tertiary/aromatic N) is 1. The molecule has 0 unspecified atom stereocenters. The number of nitro groups is 1. The summed E-state index contributed by atoms with van der Waals surface area (Å²) < 4.78 is 4.95. The molecule has 124 valence electrons. The molecule has 6 nitrogen and oxygen atoms in total. The van der Waals surface area contributed by atoms with Crippen molar-refractivity contribution in [3.05, 3.63) is 69.8 Å². The van der Waals surface area contributed by atoms with Gasteiger partial charge < -0.3 is 15.6 Å². The molecule has 0 bridgehead atoms. The zero-order valence-electron chi connectivity index (χ0n) is 12.6. The molecule has 3 N–H and O–H groups in total. The van der Waals surface area contributed by atoms with Crippen LogP contribution in [0.4, 0.5) is 5.69 Å². The fourth-order valence-electron chi connectivity index (χ4n) is 2.26. The number of aliphatic hydroxyl groups excluding tert-OH is 1. The molecular formula is C16H19ClN2O4. The summed E-state index contributed by atoms with van der Waals surface area (Å²) in [5.74, 6) is 0.165. The van der Waals surface area contributed by atoms with Gasteiger partial charge in [-0.15, -0.1) is 12.4 Å². The average Bonchev–Trinajstić information content (AvgIpc) is 2.54. The van der Waals surface area contributed by atoms with E-state index in [-0.39, 0.29) is 23.8 Å². The predicted molar refractivity (Wildman–Crippen MR) is 90.0 cm³/mol. The predicted octanol–water partition coefficient (Wildman–Crippen LogP) is 2.63. The van der Waals surface area contributed by atoms with E-state index in [1.807, 2.05) is 30.3 Å². The normalized spacial score (nSPS) is 12.8.